The summed E-state index contributed by atoms with van der Waals surface area (Å²) in [5, 5.41) is 0.118. The number of quaternary nitrogens is 2. The van der Waals surface area contributed by atoms with E-state index in [-0.39, 0.29) is 50.5 Å². The second-order valence-electron chi connectivity index (χ2n) is 15.0. The van der Waals surface area contributed by atoms with Gasteiger partial charge in [0.05, 0.1) is 54.4 Å². The summed E-state index contributed by atoms with van der Waals surface area (Å²) in [6, 6.07) is 0.194. The van der Waals surface area contributed by atoms with E-state index in [1.165, 1.54) is 142 Å². The Morgan fingerprint density at radius 3 is 1.17 bits per heavy atom. The van der Waals surface area contributed by atoms with Gasteiger partial charge in [-0.15, -0.1) is 34.0 Å². The summed E-state index contributed by atoms with van der Waals surface area (Å²) in [4.78, 5) is 14.5. The van der Waals surface area contributed by atoms with Crippen LogP contribution in [0.5, 0.6) is 6.01 Å². The zero-order valence-corrected chi connectivity index (χ0v) is 36.9. The Bertz CT molecular complexity index is 809. The zero-order valence-electron chi connectivity index (χ0n) is 32.0. The summed E-state index contributed by atoms with van der Waals surface area (Å²) in [5.41, 5.74) is 0. The summed E-state index contributed by atoms with van der Waals surface area (Å²) < 4.78 is 7.98. The van der Waals surface area contributed by atoms with Crippen molar-refractivity contribution < 1.29 is 13.7 Å². The number of aromatic nitrogens is 3. The fourth-order valence-corrected chi connectivity index (χ4v) is 6.43. The largest absolute Gasteiger partial charge is 0.462 e. The molecule has 7 nitrogen and oxygen atoms in total. The van der Waals surface area contributed by atoms with Crippen molar-refractivity contribution >= 4 is 57.2 Å². The SMILES string of the molecule is Br.Br.CCCCCCCCCCCC[N+](C)(C)CCN(CCOc1nc(Cl)nc(Cl)n1)CC[N+](C)(C)CCCCCCCCCCCC. The molecule has 11 heteroatoms. The van der Waals surface area contributed by atoms with Crippen molar-refractivity contribution in [3.05, 3.63) is 10.6 Å². The minimum atomic E-state index is 0. The van der Waals surface area contributed by atoms with Gasteiger partial charge in [-0.1, -0.05) is 117 Å². The summed E-state index contributed by atoms with van der Waals surface area (Å²) >= 11 is 11.9. The highest BCUT2D eigenvalue weighted by molar-refractivity contribution is 8.93. The Kier molecular flexibility index (Phi) is 33.5. The maximum absolute atomic E-state index is 5.95. The van der Waals surface area contributed by atoms with Gasteiger partial charge in [-0.2, -0.15) is 15.0 Å². The van der Waals surface area contributed by atoms with Crippen LogP contribution in [0.25, 0.3) is 0 Å². The number of unbranched alkanes of at least 4 members (excludes halogenated alkanes) is 18. The van der Waals surface area contributed by atoms with Crippen LogP contribution in [-0.2, 0) is 0 Å². The second-order valence-corrected chi connectivity index (χ2v) is 15.7. The van der Waals surface area contributed by atoms with Crippen molar-refractivity contribution in [1.82, 2.24) is 19.9 Å². The molecule has 0 aromatic carbocycles. The highest BCUT2D eigenvalue weighted by Crippen LogP contribution is 2.15. The van der Waals surface area contributed by atoms with Gasteiger partial charge >= 0.3 is 6.01 Å². The lowest BCUT2D eigenvalue weighted by Crippen LogP contribution is -2.50. The van der Waals surface area contributed by atoms with Crippen LogP contribution in [0.1, 0.15) is 142 Å². The summed E-state index contributed by atoms with van der Waals surface area (Å²) in [6.45, 7) is 12.7. The molecule has 0 bridgehead atoms. The Balaban J connectivity index is 0. The van der Waals surface area contributed by atoms with Crippen molar-refractivity contribution in [1.29, 1.82) is 0 Å². The Morgan fingerprint density at radius 1 is 0.479 bits per heavy atom. The van der Waals surface area contributed by atoms with Gasteiger partial charge in [-0.25, -0.2) is 0 Å². The monoisotopic (exact) mass is 848 g/mol. The quantitative estimate of drug-likeness (QED) is 0.0534. The molecular weight excluding hydrogens is 775 g/mol. The minimum absolute atomic E-state index is 0. The van der Waals surface area contributed by atoms with E-state index in [1.54, 1.807) is 0 Å². The first kappa shape index (κ1) is 50.3. The van der Waals surface area contributed by atoms with Crippen LogP contribution in [0, 0.1) is 0 Å². The topological polar surface area (TPSA) is 51.1 Å². The standard InChI is InChI=1S/C37H74Cl2N6O.2BrH/c1-7-9-11-13-15-17-19-21-23-25-30-44(3,4)32-27-43(29-34-46-37-41-35(38)40-36(39)42-37)28-33-45(5,6)31-26-24-22-20-18-16-14-12-10-8-2;;/h7-34H2,1-6H3;2*1H/q+2;;. The van der Waals surface area contributed by atoms with Crippen LogP contribution in [0.2, 0.25) is 10.6 Å². The molecule has 0 radical (unpaired) electrons. The lowest BCUT2D eigenvalue weighted by molar-refractivity contribution is -0.892. The van der Waals surface area contributed by atoms with E-state index in [1.807, 2.05) is 0 Å². The maximum Gasteiger partial charge on any atom is 0.322 e. The third-order valence-electron chi connectivity index (χ3n) is 9.48. The van der Waals surface area contributed by atoms with Gasteiger partial charge < -0.3 is 13.7 Å². The van der Waals surface area contributed by atoms with Crippen LogP contribution in [-0.4, -0.2) is 109 Å². The predicted octanol–water partition coefficient (Wildman–Crippen LogP) is 11.0. The molecule has 0 aliphatic rings. The summed E-state index contributed by atoms with van der Waals surface area (Å²) in [6.07, 6.45) is 27.7. The lowest BCUT2D eigenvalue weighted by atomic mass is 10.1. The van der Waals surface area contributed by atoms with Crippen molar-refractivity contribution in [2.75, 3.05) is 80.6 Å². The molecule has 286 valence electrons. The molecule has 0 N–H and O–H groups in total. The molecule has 48 heavy (non-hydrogen) atoms. The average Bonchev–Trinajstić information content (AvgIpc) is 2.99. The predicted molar refractivity (Wildman–Crippen MR) is 220 cm³/mol. The molecule has 1 aromatic rings. The highest BCUT2D eigenvalue weighted by atomic mass is 79.9. The third-order valence-corrected chi connectivity index (χ3v) is 9.81. The van der Waals surface area contributed by atoms with E-state index in [2.05, 4.69) is 61.9 Å². The number of ether oxygens (including phenoxy) is 1. The second kappa shape index (κ2) is 31.9. The van der Waals surface area contributed by atoms with E-state index in [4.69, 9.17) is 27.9 Å². The zero-order chi connectivity index (χ0) is 33.9. The number of likely N-dealkylation sites (N-methyl/N-ethyl adjacent to an activating group) is 2. The van der Waals surface area contributed by atoms with Gasteiger partial charge in [-0.3, -0.25) is 4.90 Å². The normalized spacial score (nSPS) is 11.9. The molecule has 0 spiro atoms. The summed E-state index contributed by atoms with van der Waals surface area (Å²) in [7, 11) is 9.57. The van der Waals surface area contributed by atoms with Crippen molar-refractivity contribution in [3.63, 3.8) is 0 Å². The molecule has 0 atom stereocenters. The maximum atomic E-state index is 5.95. The fourth-order valence-electron chi connectivity index (χ4n) is 6.08. The summed E-state index contributed by atoms with van der Waals surface area (Å²) in [5.74, 6) is 0. The van der Waals surface area contributed by atoms with Crippen LogP contribution in [0.3, 0.4) is 0 Å². The van der Waals surface area contributed by atoms with E-state index in [9.17, 15) is 0 Å². The number of hydrogen-bond acceptors (Lipinski definition) is 5. The van der Waals surface area contributed by atoms with E-state index >= 15 is 0 Å². The average molecular weight is 852 g/mol. The van der Waals surface area contributed by atoms with Crippen LogP contribution in [0.15, 0.2) is 0 Å². The molecule has 1 rings (SSSR count). The Labute approximate surface area is 328 Å². The Morgan fingerprint density at radius 2 is 0.812 bits per heavy atom. The molecular formula is C37H76Br2Cl2N6O+2. The molecule has 0 aliphatic heterocycles. The molecule has 1 heterocycles. The van der Waals surface area contributed by atoms with Crippen LogP contribution >= 0.6 is 57.2 Å². The van der Waals surface area contributed by atoms with Gasteiger partial charge in [-0.05, 0) is 48.9 Å². The van der Waals surface area contributed by atoms with Crippen molar-refractivity contribution in [2.24, 2.45) is 0 Å². The lowest BCUT2D eigenvalue weighted by Gasteiger charge is -2.35. The van der Waals surface area contributed by atoms with Gasteiger partial charge in [0.25, 0.3) is 0 Å². The smallest absolute Gasteiger partial charge is 0.322 e. The van der Waals surface area contributed by atoms with Gasteiger partial charge in [0.1, 0.15) is 6.61 Å². The highest BCUT2D eigenvalue weighted by Gasteiger charge is 2.21. The molecule has 0 aliphatic carbocycles. The van der Waals surface area contributed by atoms with E-state index < -0.39 is 0 Å². The van der Waals surface area contributed by atoms with Crippen LogP contribution in [0.4, 0.5) is 0 Å². The molecule has 0 amide bonds. The molecule has 0 fully saturated rings. The van der Waals surface area contributed by atoms with Crippen LogP contribution < -0.4 is 4.74 Å². The molecule has 0 saturated heterocycles. The fraction of sp³-hybridized carbons (Fsp3) is 0.919. The molecule has 0 unspecified atom stereocenters. The van der Waals surface area contributed by atoms with Gasteiger partial charge in [0, 0.05) is 19.6 Å². The first-order valence-electron chi connectivity index (χ1n) is 19.1. The van der Waals surface area contributed by atoms with E-state index in [0.29, 0.717) is 6.61 Å². The van der Waals surface area contributed by atoms with Gasteiger partial charge in [0.2, 0.25) is 10.6 Å². The molecule has 0 saturated carbocycles. The molecule has 1 aromatic heterocycles. The number of rotatable bonds is 32. The third kappa shape index (κ3) is 29.9. The Hall–Kier alpha value is 0.230. The number of hydrogen-bond donors (Lipinski definition) is 0. The van der Waals surface area contributed by atoms with Gasteiger partial charge in [0.15, 0.2) is 0 Å². The first-order valence-corrected chi connectivity index (χ1v) is 19.9. The first-order chi connectivity index (χ1) is 22.1. The van der Waals surface area contributed by atoms with Crippen molar-refractivity contribution in [3.8, 4) is 6.01 Å². The van der Waals surface area contributed by atoms with E-state index in [0.717, 1.165) is 41.7 Å². The number of nitrogens with zero attached hydrogens (tertiary/aromatic N) is 6. The van der Waals surface area contributed by atoms with Crippen molar-refractivity contribution in [2.45, 2.75) is 142 Å². The number of halogens is 4. The minimum Gasteiger partial charge on any atom is -0.462 e.